The molecular formula is C20H24N2O3. The van der Waals surface area contributed by atoms with Gasteiger partial charge in [-0.3, -0.25) is 9.59 Å². The van der Waals surface area contributed by atoms with Crippen LogP contribution in [0.2, 0.25) is 0 Å². The second-order valence-electron chi connectivity index (χ2n) is 7.05. The van der Waals surface area contributed by atoms with Crippen molar-refractivity contribution >= 4 is 23.2 Å². The maximum atomic E-state index is 12.3. The normalized spacial score (nSPS) is 10.9. The molecule has 0 saturated heterocycles. The monoisotopic (exact) mass is 340 g/mol. The van der Waals surface area contributed by atoms with E-state index in [1.807, 2.05) is 20.8 Å². The lowest BCUT2D eigenvalue weighted by Gasteiger charge is -2.17. The smallest absolute Gasteiger partial charge is 0.255 e. The number of anilines is 2. The number of amides is 2. The Morgan fingerprint density at radius 2 is 1.40 bits per heavy atom. The average Bonchev–Trinajstić information content (AvgIpc) is 2.54. The van der Waals surface area contributed by atoms with Crippen LogP contribution in [-0.4, -0.2) is 18.9 Å². The molecule has 0 aliphatic heterocycles. The molecule has 2 amide bonds. The third-order valence-electron chi connectivity index (χ3n) is 3.47. The second kappa shape index (κ2) is 7.83. The summed E-state index contributed by atoms with van der Waals surface area (Å²) in [5.41, 5.74) is 1.82. The van der Waals surface area contributed by atoms with Crippen LogP contribution in [0.25, 0.3) is 0 Å². The van der Waals surface area contributed by atoms with E-state index >= 15 is 0 Å². The van der Waals surface area contributed by atoms with Crippen LogP contribution in [0.5, 0.6) is 5.75 Å². The molecule has 25 heavy (non-hydrogen) atoms. The number of nitrogens with one attached hydrogen (secondary N) is 2. The Kier molecular flexibility index (Phi) is 5.80. The van der Waals surface area contributed by atoms with Crippen molar-refractivity contribution in [2.75, 3.05) is 17.7 Å². The summed E-state index contributed by atoms with van der Waals surface area (Å²) in [5, 5.41) is 5.66. The quantitative estimate of drug-likeness (QED) is 0.851. The van der Waals surface area contributed by atoms with E-state index in [1.165, 1.54) is 0 Å². The van der Waals surface area contributed by atoms with Crippen LogP contribution < -0.4 is 15.4 Å². The first-order valence-electron chi connectivity index (χ1n) is 8.12. The van der Waals surface area contributed by atoms with Crippen molar-refractivity contribution in [1.29, 1.82) is 0 Å². The van der Waals surface area contributed by atoms with Gasteiger partial charge >= 0.3 is 0 Å². The molecule has 0 aliphatic rings. The molecule has 0 aromatic heterocycles. The average molecular weight is 340 g/mol. The van der Waals surface area contributed by atoms with Gasteiger partial charge < -0.3 is 15.4 Å². The predicted molar refractivity (Wildman–Crippen MR) is 100 cm³/mol. The number of carbonyl (C=O) groups excluding carboxylic acids is 2. The van der Waals surface area contributed by atoms with Gasteiger partial charge in [-0.05, 0) is 53.9 Å². The third-order valence-corrected chi connectivity index (χ3v) is 3.47. The van der Waals surface area contributed by atoms with Crippen molar-refractivity contribution < 1.29 is 14.3 Å². The molecular weight excluding hydrogens is 316 g/mol. The lowest BCUT2D eigenvalue weighted by Crippen LogP contribution is -2.19. The van der Waals surface area contributed by atoms with E-state index in [0.717, 1.165) is 5.75 Å². The summed E-state index contributed by atoms with van der Waals surface area (Å²) >= 11 is 0. The minimum Gasteiger partial charge on any atom is -0.497 e. The first-order valence-corrected chi connectivity index (χ1v) is 8.12. The van der Waals surface area contributed by atoms with Crippen LogP contribution in [0, 0.1) is 5.41 Å². The second-order valence-corrected chi connectivity index (χ2v) is 7.05. The van der Waals surface area contributed by atoms with Gasteiger partial charge in [0.25, 0.3) is 5.91 Å². The van der Waals surface area contributed by atoms with Crippen LogP contribution in [0.1, 0.15) is 37.6 Å². The zero-order valence-corrected chi connectivity index (χ0v) is 15.1. The summed E-state index contributed by atoms with van der Waals surface area (Å²) in [4.78, 5) is 24.2. The topological polar surface area (TPSA) is 67.4 Å². The van der Waals surface area contributed by atoms with Gasteiger partial charge in [-0.25, -0.2) is 0 Å². The molecule has 132 valence electrons. The predicted octanol–water partition coefficient (Wildman–Crippen LogP) is 4.32. The number of ether oxygens (including phenoxy) is 1. The summed E-state index contributed by atoms with van der Waals surface area (Å²) in [6.07, 6.45) is 0.437. The first kappa shape index (κ1) is 18.5. The number of hydrogen-bond donors (Lipinski definition) is 2. The standard InChI is InChI=1S/C20H24N2O3/c1-20(2,3)13-18(23)21-15-7-5-14(6-8-15)19(24)22-16-9-11-17(25-4)12-10-16/h5-12H,13H2,1-4H3,(H,21,23)(H,22,24). The maximum absolute atomic E-state index is 12.3. The molecule has 0 heterocycles. The van der Waals surface area contributed by atoms with Crippen molar-refractivity contribution in [2.24, 2.45) is 5.41 Å². The fourth-order valence-corrected chi connectivity index (χ4v) is 2.27. The van der Waals surface area contributed by atoms with Crippen LogP contribution in [-0.2, 0) is 4.79 Å². The van der Waals surface area contributed by atoms with Gasteiger partial charge in [0, 0.05) is 23.4 Å². The highest BCUT2D eigenvalue weighted by Gasteiger charge is 2.16. The summed E-state index contributed by atoms with van der Waals surface area (Å²) in [6, 6.07) is 13.9. The molecule has 5 heteroatoms. The summed E-state index contributed by atoms with van der Waals surface area (Å²) in [7, 11) is 1.59. The van der Waals surface area contributed by atoms with Gasteiger partial charge in [0.15, 0.2) is 0 Å². The highest BCUT2D eigenvalue weighted by atomic mass is 16.5. The van der Waals surface area contributed by atoms with E-state index < -0.39 is 0 Å². The minimum absolute atomic E-state index is 0.0389. The molecule has 2 aromatic carbocycles. The van der Waals surface area contributed by atoms with E-state index in [-0.39, 0.29) is 17.2 Å². The molecule has 0 atom stereocenters. The Bertz CT molecular complexity index is 729. The van der Waals surface area contributed by atoms with E-state index in [9.17, 15) is 9.59 Å². The zero-order valence-electron chi connectivity index (χ0n) is 15.1. The number of benzene rings is 2. The Morgan fingerprint density at radius 3 is 1.92 bits per heavy atom. The highest BCUT2D eigenvalue weighted by Crippen LogP contribution is 2.20. The molecule has 0 aliphatic carbocycles. The number of rotatable bonds is 5. The molecule has 0 radical (unpaired) electrons. The van der Waals surface area contributed by atoms with Gasteiger partial charge in [-0.1, -0.05) is 20.8 Å². The van der Waals surface area contributed by atoms with E-state index in [2.05, 4.69) is 10.6 Å². The Balaban J connectivity index is 1.96. The van der Waals surface area contributed by atoms with Gasteiger partial charge in [-0.2, -0.15) is 0 Å². The molecule has 0 saturated carbocycles. The molecule has 0 spiro atoms. The van der Waals surface area contributed by atoms with Crippen molar-refractivity contribution in [3.63, 3.8) is 0 Å². The Labute approximate surface area is 148 Å². The molecule has 2 aromatic rings. The summed E-state index contributed by atoms with van der Waals surface area (Å²) in [6.45, 7) is 6.04. The zero-order chi connectivity index (χ0) is 18.4. The number of carbonyl (C=O) groups is 2. The molecule has 2 rings (SSSR count). The molecule has 2 N–H and O–H groups in total. The minimum atomic E-state index is -0.210. The molecule has 0 fully saturated rings. The molecule has 5 nitrogen and oxygen atoms in total. The fraction of sp³-hybridized carbons (Fsp3) is 0.300. The van der Waals surface area contributed by atoms with Crippen molar-refractivity contribution in [3.8, 4) is 5.75 Å². The van der Waals surface area contributed by atoms with Gasteiger partial charge in [0.2, 0.25) is 5.91 Å². The highest BCUT2D eigenvalue weighted by molar-refractivity contribution is 6.04. The van der Waals surface area contributed by atoms with Crippen LogP contribution >= 0.6 is 0 Å². The Morgan fingerprint density at radius 1 is 0.880 bits per heavy atom. The largest absolute Gasteiger partial charge is 0.497 e. The van der Waals surface area contributed by atoms with Gasteiger partial charge in [0.1, 0.15) is 5.75 Å². The molecule has 0 bridgehead atoms. The fourth-order valence-electron chi connectivity index (χ4n) is 2.27. The number of hydrogen-bond acceptors (Lipinski definition) is 3. The summed E-state index contributed by atoms with van der Waals surface area (Å²) < 4.78 is 5.09. The number of methoxy groups -OCH3 is 1. The Hall–Kier alpha value is -2.82. The van der Waals surface area contributed by atoms with E-state index in [1.54, 1.807) is 55.6 Å². The first-order chi connectivity index (χ1) is 11.8. The lowest BCUT2D eigenvalue weighted by atomic mass is 9.92. The lowest BCUT2D eigenvalue weighted by molar-refractivity contribution is -0.117. The summed E-state index contributed by atoms with van der Waals surface area (Å²) in [5.74, 6) is 0.481. The molecule has 0 unspecified atom stereocenters. The van der Waals surface area contributed by atoms with Gasteiger partial charge in [0.05, 0.1) is 7.11 Å². The van der Waals surface area contributed by atoms with Crippen molar-refractivity contribution in [3.05, 3.63) is 54.1 Å². The van der Waals surface area contributed by atoms with Crippen molar-refractivity contribution in [2.45, 2.75) is 27.2 Å². The van der Waals surface area contributed by atoms with E-state index in [0.29, 0.717) is 23.4 Å². The maximum Gasteiger partial charge on any atom is 0.255 e. The van der Waals surface area contributed by atoms with Crippen molar-refractivity contribution in [1.82, 2.24) is 0 Å². The van der Waals surface area contributed by atoms with Crippen LogP contribution in [0.4, 0.5) is 11.4 Å². The van der Waals surface area contributed by atoms with Crippen LogP contribution in [0.3, 0.4) is 0 Å². The van der Waals surface area contributed by atoms with E-state index in [4.69, 9.17) is 4.74 Å². The third kappa shape index (κ3) is 5.95. The van der Waals surface area contributed by atoms with Gasteiger partial charge in [-0.15, -0.1) is 0 Å². The van der Waals surface area contributed by atoms with Crippen LogP contribution in [0.15, 0.2) is 48.5 Å². The SMILES string of the molecule is COc1ccc(NC(=O)c2ccc(NC(=O)CC(C)(C)C)cc2)cc1.